The molecule has 0 saturated heterocycles. The Morgan fingerprint density at radius 1 is 1.33 bits per heavy atom. The molecule has 6 nitrogen and oxygen atoms in total. The predicted octanol–water partition coefficient (Wildman–Crippen LogP) is 2.83. The maximum Gasteiger partial charge on any atom is 0.233 e. The number of nitrogens with zero attached hydrogens (tertiary/aromatic N) is 4. The molecule has 24 heavy (non-hydrogen) atoms. The number of hydrogen-bond acceptors (Lipinski definition) is 6. The first-order valence-electron chi connectivity index (χ1n) is 7.46. The zero-order valence-electron chi connectivity index (χ0n) is 13.3. The maximum atomic E-state index is 12.3. The summed E-state index contributed by atoms with van der Waals surface area (Å²) in [6.07, 6.45) is 0. The first-order valence-corrected chi connectivity index (χ1v) is 9.22. The van der Waals surface area contributed by atoms with Gasteiger partial charge in [-0.15, -0.1) is 16.4 Å². The molecule has 0 fully saturated rings. The maximum absolute atomic E-state index is 12.3. The number of aryl methyl sites for hydroxylation is 1. The first-order chi connectivity index (χ1) is 11.6. The fourth-order valence-corrected chi connectivity index (χ4v) is 3.62. The van der Waals surface area contributed by atoms with Gasteiger partial charge in [0.15, 0.2) is 0 Å². The molecule has 124 valence electrons. The molecule has 1 atom stereocenters. The van der Waals surface area contributed by atoms with Gasteiger partial charge in [-0.1, -0.05) is 36.0 Å². The quantitative estimate of drug-likeness (QED) is 0.685. The Morgan fingerprint density at radius 3 is 2.92 bits per heavy atom. The molecule has 0 aliphatic heterocycles. The van der Waals surface area contributed by atoms with E-state index < -0.39 is 0 Å². The van der Waals surface area contributed by atoms with E-state index >= 15 is 0 Å². The van der Waals surface area contributed by atoms with Crippen molar-refractivity contribution in [2.24, 2.45) is 0 Å². The normalized spacial score (nSPS) is 12.1. The topological polar surface area (TPSA) is 72.7 Å². The molecule has 3 rings (SSSR count). The molecule has 0 aliphatic carbocycles. The van der Waals surface area contributed by atoms with Crippen LogP contribution in [-0.2, 0) is 11.3 Å². The third-order valence-corrected chi connectivity index (χ3v) is 5.36. The van der Waals surface area contributed by atoms with Crippen LogP contribution in [0.3, 0.4) is 0 Å². The van der Waals surface area contributed by atoms with E-state index in [-0.39, 0.29) is 11.2 Å². The summed E-state index contributed by atoms with van der Waals surface area (Å²) in [7, 11) is 0. The molecule has 1 N–H and O–H groups in total. The molecule has 1 aromatic carbocycles. The standard InChI is InChI=1S/C16H17N5OS2/c1-11-6-3-4-8-14(11)21-16(18-19-20-21)24-12(2)15(22)17-10-13-7-5-9-23-13/h3-9,12H,10H2,1-2H3,(H,17,22)/t12-/m1/s1. The second-order valence-electron chi connectivity index (χ2n) is 5.22. The van der Waals surface area contributed by atoms with Crippen molar-refractivity contribution >= 4 is 29.0 Å². The van der Waals surface area contributed by atoms with Crippen LogP contribution < -0.4 is 5.32 Å². The molecule has 0 bridgehead atoms. The number of thioether (sulfide) groups is 1. The molecular weight excluding hydrogens is 342 g/mol. The van der Waals surface area contributed by atoms with Crippen LogP contribution in [0.5, 0.6) is 0 Å². The van der Waals surface area contributed by atoms with Gasteiger partial charge in [-0.25, -0.2) is 0 Å². The number of hydrogen-bond donors (Lipinski definition) is 1. The van der Waals surface area contributed by atoms with Crippen molar-refractivity contribution < 1.29 is 4.79 Å². The molecule has 0 unspecified atom stereocenters. The number of para-hydroxylation sites is 1. The summed E-state index contributed by atoms with van der Waals surface area (Å²) in [4.78, 5) is 13.4. The van der Waals surface area contributed by atoms with Gasteiger partial charge >= 0.3 is 0 Å². The number of aromatic nitrogens is 4. The van der Waals surface area contributed by atoms with Crippen LogP contribution in [0, 0.1) is 6.92 Å². The number of rotatable bonds is 6. The molecule has 1 amide bonds. The van der Waals surface area contributed by atoms with Crippen LogP contribution in [0.25, 0.3) is 5.69 Å². The van der Waals surface area contributed by atoms with Crippen LogP contribution >= 0.6 is 23.1 Å². The Balaban J connectivity index is 1.67. The van der Waals surface area contributed by atoms with Crippen LogP contribution in [0.2, 0.25) is 0 Å². The number of nitrogens with one attached hydrogen (secondary N) is 1. The third-order valence-electron chi connectivity index (χ3n) is 3.45. The highest BCUT2D eigenvalue weighted by Crippen LogP contribution is 2.24. The number of carbonyl (C=O) groups is 1. The van der Waals surface area contributed by atoms with Crippen LogP contribution in [0.1, 0.15) is 17.4 Å². The van der Waals surface area contributed by atoms with Crippen LogP contribution in [0.15, 0.2) is 46.9 Å². The predicted molar refractivity (Wildman–Crippen MR) is 95.4 cm³/mol. The summed E-state index contributed by atoms with van der Waals surface area (Å²) in [6, 6.07) is 11.8. The molecule has 0 aliphatic rings. The zero-order chi connectivity index (χ0) is 16.9. The lowest BCUT2D eigenvalue weighted by molar-refractivity contribution is -0.120. The number of tetrazole rings is 1. The summed E-state index contributed by atoms with van der Waals surface area (Å²) in [5, 5.41) is 17.1. The SMILES string of the molecule is Cc1ccccc1-n1nnnc1S[C@H](C)C(=O)NCc1cccs1. The molecule has 8 heteroatoms. The summed E-state index contributed by atoms with van der Waals surface area (Å²) >= 11 is 2.97. The van der Waals surface area contributed by atoms with Gasteiger partial charge in [0.1, 0.15) is 0 Å². The fourth-order valence-electron chi connectivity index (χ4n) is 2.15. The van der Waals surface area contributed by atoms with E-state index in [2.05, 4.69) is 20.8 Å². The van der Waals surface area contributed by atoms with Crippen molar-refractivity contribution in [3.05, 3.63) is 52.2 Å². The highest BCUT2D eigenvalue weighted by Gasteiger charge is 2.19. The van der Waals surface area contributed by atoms with Gasteiger partial charge < -0.3 is 5.32 Å². The number of carbonyl (C=O) groups excluding carboxylic acids is 1. The van der Waals surface area contributed by atoms with E-state index in [4.69, 9.17) is 0 Å². The second-order valence-corrected chi connectivity index (χ2v) is 7.56. The minimum Gasteiger partial charge on any atom is -0.350 e. The summed E-state index contributed by atoms with van der Waals surface area (Å²) in [5.74, 6) is -0.0345. The lowest BCUT2D eigenvalue weighted by Gasteiger charge is -2.12. The highest BCUT2D eigenvalue weighted by molar-refractivity contribution is 8.00. The number of thiophene rings is 1. The highest BCUT2D eigenvalue weighted by atomic mass is 32.2. The van der Waals surface area contributed by atoms with Gasteiger partial charge in [0.05, 0.1) is 17.5 Å². The van der Waals surface area contributed by atoms with Crippen molar-refractivity contribution in [2.45, 2.75) is 30.8 Å². The molecule has 3 aromatic rings. The molecule has 2 aromatic heterocycles. The van der Waals surface area contributed by atoms with E-state index in [1.54, 1.807) is 16.0 Å². The van der Waals surface area contributed by atoms with E-state index in [1.165, 1.54) is 11.8 Å². The van der Waals surface area contributed by atoms with E-state index in [0.29, 0.717) is 11.7 Å². The lowest BCUT2D eigenvalue weighted by Crippen LogP contribution is -2.30. The van der Waals surface area contributed by atoms with E-state index in [0.717, 1.165) is 16.1 Å². The molecular formula is C16H17N5OS2. The van der Waals surface area contributed by atoms with Gasteiger partial charge in [0, 0.05) is 4.88 Å². The van der Waals surface area contributed by atoms with E-state index in [1.807, 2.05) is 55.6 Å². The number of amides is 1. The summed E-state index contributed by atoms with van der Waals surface area (Å²) in [5.41, 5.74) is 1.98. The number of benzene rings is 1. The summed E-state index contributed by atoms with van der Waals surface area (Å²) < 4.78 is 1.67. The van der Waals surface area contributed by atoms with Crippen molar-refractivity contribution in [2.75, 3.05) is 0 Å². The smallest absolute Gasteiger partial charge is 0.233 e. The minimum absolute atomic E-state index is 0.0345. The Hall–Kier alpha value is -2.19. The van der Waals surface area contributed by atoms with Gasteiger partial charge in [0.2, 0.25) is 11.1 Å². The minimum atomic E-state index is -0.293. The second kappa shape index (κ2) is 7.59. The van der Waals surface area contributed by atoms with Crippen molar-refractivity contribution in [1.82, 2.24) is 25.5 Å². The van der Waals surface area contributed by atoms with Crippen LogP contribution in [-0.4, -0.2) is 31.4 Å². The van der Waals surface area contributed by atoms with Gasteiger partial charge in [-0.2, -0.15) is 4.68 Å². The Kier molecular flexibility index (Phi) is 5.27. The fraction of sp³-hybridized carbons (Fsp3) is 0.250. The van der Waals surface area contributed by atoms with Gasteiger partial charge in [0.25, 0.3) is 0 Å². The Labute approximate surface area is 148 Å². The first kappa shape index (κ1) is 16.7. The van der Waals surface area contributed by atoms with E-state index in [9.17, 15) is 4.79 Å². The average molecular weight is 359 g/mol. The van der Waals surface area contributed by atoms with Crippen molar-refractivity contribution in [1.29, 1.82) is 0 Å². The van der Waals surface area contributed by atoms with Crippen molar-refractivity contribution in [3.8, 4) is 5.69 Å². The molecule has 0 spiro atoms. The Morgan fingerprint density at radius 2 is 2.17 bits per heavy atom. The third kappa shape index (κ3) is 3.82. The zero-order valence-corrected chi connectivity index (χ0v) is 15.0. The van der Waals surface area contributed by atoms with Crippen LogP contribution in [0.4, 0.5) is 0 Å². The average Bonchev–Trinajstić information content (AvgIpc) is 3.25. The Bertz CT molecular complexity index is 816. The van der Waals surface area contributed by atoms with Gasteiger partial charge in [-0.3, -0.25) is 4.79 Å². The van der Waals surface area contributed by atoms with Gasteiger partial charge in [-0.05, 0) is 47.4 Å². The van der Waals surface area contributed by atoms with Crippen molar-refractivity contribution in [3.63, 3.8) is 0 Å². The molecule has 2 heterocycles. The lowest BCUT2D eigenvalue weighted by atomic mass is 10.2. The molecule has 0 radical (unpaired) electrons. The molecule has 0 saturated carbocycles. The summed E-state index contributed by atoms with van der Waals surface area (Å²) in [6.45, 7) is 4.40. The monoisotopic (exact) mass is 359 g/mol. The largest absolute Gasteiger partial charge is 0.350 e.